The number of imidazole rings is 1. The van der Waals surface area contributed by atoms with E-state index in [4.69, 9.17) is 13.5 Å². The fraction of sp³-hybridized carbons (Fsp3) is 0.171. The van der Waals surface area contributed by atoms with Gasteiger partial charge in [-0.05, 0) is 53.2 Å². The van der Waals surface area contributed by atoms with Gasteiger partial charge in [0.2, 0.25) is 0 Å². The standard InChI is InChI=1S/C29H25N4O.C12H10N.Ir/c1-17(2)19-10-7-11-20(18(3)4)26(19)33-28(31-24-15-16-30-32-29(24)33)23-13-8-12-22-21-9-5-6-14-25(21)34-27(22)23;1-10-7-8-12(13-9-10)11-5-3-2-4-6-11;/h5-12,14-18H,1-4H3;2-5,7-9H,1H3;/q2*-1;/i;1D3;. The zero-order chi connectivity index (χ0) is 35.0. The second kappa shape index (κ2) is 14.0. The van der Waals surface area contributed by atoms with Gasteiger partial charge in [-0.3, -0.25) is 4.98 Å². The van der Waals surface area contributed by atoms with Gasteiger partial charge in [0, 0.05) is 41.5 Å². The first-order chi connectivity index (χ1) is 24.1. The van der Waals surface area contributed by atoms with Gasteiger partial charge >= 0.3 is 0 Å². The minimum absolute atomic E-state index is 0. The van der Waals surface area contributed by atoms with E-state index in [1.54, 1.807) is 24.4 Å². The molecule has 0 amide bonds. The number of furan rings is 1. The average Bonchev–Trinajstić information content (AvgIpc) is 3.70. The van der Waals surface area contributed by atoms with E-state index in [0.29, 0.717) is 11.8 Å². The van der Waals surface area contributed by atoms with Crippen LogP contribution in [0.2, 0.25) is 0 Å². The molecule has 0 bridgehead atoms. The molecule has 4 aromatic carbocycles. The molecule has 0 spiro atoms. The summed E-state index contributed by atoms with van der Waals surface area (Å²) in [5.74, 6) is 1.40. The van der Waals surface area contributed by atoms with E-state index in [0.717, 1.165) is 61.4 Å². The second-order valence-corrected chi connectivity index (χ2v) is 12.0. The minimum atomic E-state index is -2.09. The van der Waals surface area contributed by atoms with Crippen LogP contribution in [0.3, 0.4) is 0 Å². The van der Waals surface area contributed by atoms with Crippen molar-refractivity contribution in [2.45, 2.75) is 46.4 Å². The Balaban J connectivity index is 0.000000222. The van der Waals surface area contributed by atoms with Crippen LogP contribution in [0, 0.1) is 19.0 Å². The van der Waals surface area contributed by atoms with Crippen molar-refractivity contribution in [2.75, 3.05) is 0 Å². The van der Waals surface area contributed by atoms with E-state index in [-0.39, 0.29) is 25.7 Å². The van der Waals surface area contributed by atoms with Gasteiger partial charge in [0.25, 0.3) is 0 Å². The van der Waals surface area contributed by atoms with Gasteiger partial charge in [0.15, 0.2) is 5.65 Å². The first kappa shape index (κ1) is 29.2. The Morgan fingerprint density at radius 2 is 1.58 bits per heavy atom. The topological polar surface area (TPSA) is 69.6 Å². The van der Waals surface area contributed by atoms with Crippen molar-refractivity contribution < 1.29 is 28.6 Å². The van der Waals surface area contributed by atoms with Crippen LogP contribution < -0.4 is 0 Å². The molecule has 0 unspecified atom stereocenters. The Morgan fingerprint density at radius 1 is 0.792 bits per heavy atom. The maximum Gasteiger partial charge on any atom is 0.178 e. The van der Waals surface area contributed by atoms with E-state index in [1.165, 1.54) is 17.3 Å². The Morgan fingerprint density at radius 3 is 2.29 bits per heavy atom. The van der Waals surface area contributed by atoms with E-state index in [9.17, 15) is 0 Å². The number of para-hydroxylation sites is 2. The molecule has 0 fully saturated rings. The Labute approximate surface area is 298 Å². The first-order valence-corrected chi connectivity index (χ1v) is 15.7. The molecule has 0 aliphatic rings. The van der Waals surface area contributed by atoms with E-state index in [1.807, 2.05) is 48.5 Å². The van der Waals surface area contributed by atoms with Crippen LogP contribution in [0.1, 0.15) is 60.3 Å². The number of nitrogens with zero attached hydrogens (tertiary/aromatic N) is 5. The fourth-order valence-electron chi connectivity index (χ4n) is 5.94. The van der Waals surface area contributed by atoms with Crippen LogP contribution in [0.4, 0.5) is 0 Å². The van der Waals surface area contributed by atoms with Crippen LogP contribution in [-0.4, -0.2) is 24.7 Å². The van der Waals surface area contributed by atoms with Crippen LogP contribution >= 0.6 is 0 Å². The molecular formula is C41H35IrN5O-2. The third kappa shape index (κ3) is 6.19. The molecule has 4 heterocycles. The van der Waals surface area contributed by atoms with Crippen LogP contribution in [0.5, 0.6) is 0 Å². The molecule has 241 valence electrons. The van der Waals surface area contributed by atoms with Crippen LogP contribution in [0.25, 0.3) is 61.4 Å². The Hall–Kier alpha value is -4.97. The third-order valence-electron chi connectivity index (χ3n) is 8.21. The maximum absolute atomic E-state index is 7.23. The first-order valence-electron chi connectivity index (χ1n) is 17.2. The molecule has 1 radical (unpaired) electrons. The minimum Gasteiger partial charge on any atom is -0.501 e. The monoisotopic (exact) mass is 809 g/mol. The zero-order valence-electron chi connectivity index (χ0n) is 30.0. The smallest absolute Gasteiger partial charge is 0.178 e. The second-order valence-electron chi connectivity index (χ2n) is 12.0. The molecular weight excluding hydrogens is 771 g/mol. The summed E-state index contributed by atoms with van der Waals surface area (Å²) < 4.78 is 30.2. The van der Waals surface area contributed by atoms with Crippen molar-refractivity contribution in [3.05, 3.63) is 138 Å². The number of hydrogen-bond acceptors (Lipinski definition) is 5. The van der Waals surface area contributed by atoms with Crippen molar-refractivity contribution >= 4 is 33.1 Å². The Bertz CT molecular complexity index is 2410. The van der Waals surface area contributed by atoms with Gasteiger partial charge in [-0.1, -0.05) is 87.2 Å². The van der Waals surface area contributed by atoms with Crippen molar-refractivity contribution in [1.82, 2.24) is 24.7 Å². The molecule has 0 N–H and O–H groups in total. The summed E-state index contributed by atoms with van der Waals surface area (Å²) in [6, 6.07) is 37.8. The molecule has 4 aromatic heterocycles. The van der Waals surface area contributed by atoms with E-state index < -0.39 is 6.85 Å². The molecule has 0 saturated carbocycles. The van der Waals surface area contributed by atoms with Gasteiger partial charge in [0.1, 0.15) is 11.1 Å². The molecule has 0 atom stereocenters. The van der Waals surface area contributed by atoms with Gasteiger partial charge in [-0.25, -0.2) is 0 Å². The summed E-state index contributed by atoms with van der Waals surface area (Å²) in [5.41, 5.74) is 9.43. The van der Waals surface area contributed by atoms with Crippen LogP contribution in [-0.2, 0) is 20.1 Å². The molecule has 8 aromatic rings. The molecule has 6 nitrogen and oxygen atoms in total. The molecule has 8 rings (SSSR count). The summed E-state index contributed by atoms with van der Waals surface area (Å²) in [7, 11) is 0. The predicted octanol–water partition coefficient (Wildman–Crippen LogP) is 10.3. The normalized spacial score (nSPS) is 12.4. The summed E-state index contributed by atoms with van der Waals surface area (Å²) >= 11 is 0. The molecule has 0 aliphatic heterocycles. The summed E-state index contributed by atoms with van der Waals surface area (Å²) in [5, 5.41) is 10.9. The molecule has 0 aliphatic carbocycles. The number of fused-ring (bicyclic) bond motifs is 4. The fourth-order valence-corrected chi connectivity index (χ4v) is 5.94. The predicted molar refractivity (Wildman–Crippen MR) is 190 cm³/mol. The largest absolute Gasteiger partial charge is 0.501 e. The van der Waals surface area contributed by atoms with Crippen molar-refractivity contribution in [2.24, 2.45) is 0 Å². The van der Waals surface area contributed by atoms with Crippen molar-refractivity contribution in [3.8, 4) is 28.3 Å². The van der Waals surface area contributed by atoms with Gasteiger partial charge in [-0.2, -0.15) is 5.10 Å². The summed E-state index contributed by atoms with van der Waals surface area (Å²) in [6.07, 6.45) is 3.08. The number of hydrogen-bond donors (Lipinski definition) is 0. The van der Waals surface area contributed by atoms with Gasteiger partial charge in [-0.15, -0.1) is 59.2 Å². The van der Waals surface area contributed by atoms with Crippen molar-refractivity contribution in [1.29, 1.82) is 0 Å². The van der Waals surface area contributed by atoms with E-state index >= 15 is 0 Å². The van der Waals surface area contributed by atoms with Crippen LogP contribution in [0.15, 0.2) is 114 Å². The molecule has 48 heavy (non-hydrogen) atoms. The Kier molecular flexibility index (Phi) is 8.53. The number of aryl methyl sites for hydroxylation is 1. The quantitative estimate of drug-likeness (QED) is 0.162. The van der Waals surface area contributed by atoms with E-state index in [2.05, 4.69) is 89.9 Å². The third-order valence-corrected chi connectivity index (χ3v) is 8.21. The van der Waals surface area contributed by atoms with Crippen molar-refractivity contribution in [3.63, 3.8) is 0 Å². The summed E-state index contributed by atoms with van der Waals surface area (Å²) in [6.45, 7) is 6.80. The molecule has 0 saturated heterocycles. The number of pyridine rings is 1. The summed E-state index contributed by atoms with van der Waals surface area (Å²) in [4.78, 5) is 9.17. The van der Waals surface area contributed by atoms with Gasteiger partial charge < -0.3 is 14.0 Å². The number of rotatable bonds is 5. The average molecular weight is 809 g/mol. The van der Waals surface area contributed by atoms with Gasteiger partial charge in [0.05, 0.1) is 17.6 Å². The zero-order valence-corrected chi connectivity index (χ0v) is 29.4. The molecule has 7 heteroatoms. The number of aromatic nitrogens is 5. The number of benzene rings is 4. The maximum atomic E-state index is 7.23. The SMILES string of the molecule is CC(C)c1cccc(C(C)C)c1-n1c(-c2[c-]ccc3c2oc2ccccc23)nc2ccnnc21.[2H]C([2H])([2H])c1ccc(-c2[c-]cccc2)nc1.[Ir].